The highest BCUT2D eigenvalue weighted by molar-refractivity contribution is 5.09. The number of rotatable bonds is 3. The summed E-state index contributed by atoms with van der Waals surface area (Å²) in [7, 11) is 0. The Morgan fingerprint density at radius 2 is 2.14 bits per heavy atom. The fraction of sp³-hybridized carbons (Fsp3) is 0.800. The van der Waals surface area contributed by atoms with Crippen LogP contribution in [0.25, 0.3) is 0 Å². The summed E-state index contributed by atoms with van der Waals surface area (Å²) in [6.07, 6.45) is 5.45. The molecule has 2 rings (SSSR count). The van der Waals surface area contributed by atoms with Gasteiger partial charge in [-0.15, -0.1) is 0 Å². The summed E-state index contributed by atoms with van der Waals surface area (Å²) in [6.45, 7) is 2.65. The maximum Gasteiger partial charge on any atom is 0.234 e. The molecule has 0 spiro atoms. The average Bonchev–Trinajstić information content (AvgIpc) is 2.87. The molecule has 1 aliphatic carbocycles. The Labute approximate surface area is 83.9 Å². The number of aryl methyl sites for hydroxylation is 1. The molecule has 1 aromatic rings. The minimum Gasteiger partial charge on any atom is -0.339 e. The van der Waals surface area contributed by atoms with Gasteiger partial charge in [-0.05, 0) is 12.8 Å². The number of hydrogen-bond donors (Lipinski definition) is 1. The van der Waals surface area contributed by atoms with Gasteiger partial charge >= 0.3 is 0 Å². The largest absolute Gasteiger partial charge is 0.339 e. The molecule has 0 saturated heterocycles. The highest BCUT2D eigenvalue weighted by Gasteiger charge is 2.39. The van der Waals surface area contributed by atoms with Crippen molar-refractivity contribution in [2.45, 2.75) is 44.4 Å². The minimum atomic E-state index is -0.0135. The van der Waals surface area contributed by atoms with Gasteiger partial charge in [0.25, 0.3) is 0 Å². The maximum atomic E-state index is 5.82. The van der Waals surface area contributed by atoms with Crippen molar-refractivity contribution < 1.29 is 4.52 Å². The summed E-state index contributed by atoms with van der Waals surface area (Å²) in [5.74, 6) is 1.55. The lowest BCUT2D eigenvalue weighted by Gasteiger charge is -2.21. The Balaban J connectivity index is 2.26. The van der Waals surface area contributed by atoms with Gasteiger partial charge in [0.1, 0.15) is 0 Å². The normalized spacial score (nSPS) is 20.1. The molecule has 0 aromatic carbocycles. The SMILES string of the molecule is CCc1noc(C2(CN)CCCC2)n1. The molecule has 1 saturated carbocycles. The molecule has 0 amide bonds. The van der Waals surface area contributed by atoms with Gasteiger partial charge in [-0.2, -0.15) is 4.98 Å². The van der Waals surface area contributed by atoms with E-state index in [9.17, 15) is 0 Å². The Kier molecular flexibility index (Phi) is 2.54. The second-order valence-corrected chi connectivity index (χ2v) is 4.06. The number of aromatic nitrogens is 2. The molecule has 0 unspecified atom stereocenters. The Hall–Kier alpha value is -0.900. The monoisotopic (exact) mass is 195 g/mol. The second-order valence-electron chi connectivity index (χ2n) is 4.06. The zero-order chi connectivity index (χ0) is 10.0. The first-order valence-corrected chi connectivity index (χ1v) is 5.34. The third kappa shape index (κ3) is 1.43. The first kappa shape index (κ1) is 9.65. The first-order valence-electron chi connectivity index (χ1n) is 5.34. The highest BCUT2D eigenvalue weighted by Crippen LogP contribution is 2.39. The van der Waals surface area contributed by atoms with Crippen molar-refractivity contribution in [3.05, 3.63) is 11.7 Å². The smallest absolute Gasteiger partial charge is 0.234 e. The van der Waals surface area contributed by atoms with Crippen LogP contribution in [0, 0.1) is 0 Å². The van der Waals surface area contributed by atoms with Gasteiger partial charge in [0.2, 0.25) is 5.89 Å². The molecule has 0 atom stereocenters. The van der Waals surface area contributed by atoms with E-state index in [2.05, 4.69) is 10.1 Å². The number of nitrogens with zero attached hydrogens (tertiary/aromatic N) is 2. The Bertz CT molecular complexity index is 302. The molecule has 2 N–H and O–H groups in total. The molecule has 0 aliphatic heterocycles. The standard InChI is InChI=1S/C10H17N3O/c1-2-8-12-9(14-13-8)10(7-11)5-3-4-6-10/h2-7,11H2,1H3. The van der Waals surface area contributed by atoms with Crippen LogP contribution in [0.3, 0.4) is 0 Å². The van der Waals surface area contributed by atoms with Crippen LogP contribution in [0.2, 0.25) is 0 Å². The lowest BCUT2D eigenvalue weighted by Crippen LogP contribution is -2.32. The fourth-order valence-electron chi connectivity index (χ4n) is 2.17. The topological polar surface area (TPSA) is 64.9 Å². The second kappa shape index (κ2) is 3.69. The van der Waals surface area contributed by atoms with Crippen LogP contribution in [-0.2, 0) is 11.8 Å². The summed E-state index contributed by atoms with van der Waals surface area (Å²) in [6, 6.07) is 0. The van der Waals surface area contributed by atoms with Crippen LogP contribution >= 0.6 is 0 Å². The Morgan fingerprint density at radius 3 is 2.64 bits per heavy atom. The van der Waals surface area contributed by atoms with Crippen molar-refractivity contribution >= 4 is 0 Å². The van der Waals surface area contributed by atoms with Gasteiger partial charge < -0.3 is 10.3 Å². The van der Waals surface area contributed by atoms with Gasteiger partial charge in [0.05, 0.1) is 5.41 Å². The predicted octanol–water partition coefficient (Wildman–Crippen LogP) is 1.40. The molecule has 1 fully saturated rings. The molecule has 78 valence electrons. The summed E-state index contributed by atoms with van der Waals surface area (Å²) in [5.41, 5.74) is 5.81. The molecular weight excluding hydrogens is 178 g/mol. The van der Waals surface area contributed by atoms with Crippen molar-refractivity contribution in [3.8, 4) is 0 Å². The van der Waals surface area contributed by atoms with Crippen LogP contribution in [0.15, 0.2) is 4.52 Å². The van der Waals surface area contributed by atoms with Crippen LogP contribution in [0.4, 0.5) is 0 Å². The molecule has 1 aliphatic rings. The van der Waals surface area contributed by atoms with Gasteiger partial charge in [0.15, 0.2) is 5.82 Å². The summed E-state index contributed by atoms with van der Waals surface area (Å²) in [5, 5.41) is 3.93. The lowest BCUT2D eigenvalue weighted by molar-refractivity contribution is 0.283. The van der Waals surface area contributed by atoms with E-state index in [1.165, 1.54) is 12.8 Å². The maximum absolute atomic E-state index is 5.82. The van der Waals surface area contributed by atoms with Gasteiger partial charge in [-0.25, -0.2) is 0 Å². The van der Waals surface area contributed by atoms with E-state index in [4.69, 9.17) is 10.3 Å². The molecule has 1 heterocycles. The zero-order valence-corrected chi connectivity index (χ0v) is 8.62. The fourth-order valence-corrected chi connectivity index (χ4v) is 2.17. The molecule has 1 aromatic heterocycles. The van der Waals surface area contributed by atoms with E-state index in [1.807, 2.05) is 6.92 Å². The third-order valence-electron chi connectivity index (χ3n) is 3.19. The molecular formula is C10H17N3O. The van der Waals surface area contributed by atoms with E-state index in [0.29, 0.717) is 6.54 Å². The zero-order valence-electron chi connectivity index (χ0n) is 8.62. The van der Waals surface area contributed by atoms with Crippen LogP contribution in [0.5, 0.6) is 0 Å². The lowest BCUT2D eigenvalue weighted by atomic mass is 9.86. The average molecular weight is 195 g/mol. The van der Waals surface area contributed by atoms with Crippen molar-refractivity contribution in [1.29, 1.82) is 0 Å². The Morgan fingerprint density at radius 1 is 1.43 bits per heavy atom. The number of nitrogens with two attached hydrogens (primary N) is 1. The van der Waals surface area contributed by atoms with Gasteiger partial charge in [-0.1, -0.05) is 24.9 Å². The summed E-state index contributed by atoms with van der Waals surface area (Å²) >= 11 is 0. The van der Waals surface area contributed by atoms with E-state index in [1.54, 1.807) is 0 Å². The van der Waals surface area contributed by atoms with E-state index < -0.39 is 0 Å². The first-order chi connectivity index (χ1) is 6.80. The van der Waals surface area contributed by atoms with Crippen LogP contribution in [-0.4, -0.2) is 16.7 Å². The molecule has 0 bridgehead atoms. The molecule has 14 heavy (non-hydrogen) atoms. The third-order valence-corrected chi connectivity index (χ3v) is 3.19. The summed E-state index contributed by atoms with van der Waals surface area (Å²) in [4.78, 5) is 4.40. The predicted molar refractivity (Wildman–Crippen MR) is 52.9 cm³/mol. The van der Waals surface area contributed by atoms with Crippen molar-refractivity contribution in [2.24, 2.45) is 5.73 Å². The van der Waals surface area contributed by atoms with Gasteiger partial charge in [0, 0.05) is 13.0 Å². The minimum absolute atomic E-state index is 0.0135. The molecule has 4 nitrogen and oxygen atoms in total. The number of hydrogen-bond acceptors (Lipinski definition) is 4. The molecule has 4 heteroatoms. The summed E-state index contributed by atoms with van der Waals surface area (Å²) < 4.78 is 5.29. The highest BCUT2D eigenvalue weighted by atomic mass is 16.5. The van der Waals surface area contributed by atoms with Crippen molar-refractivity contribution in [3.63, 3.8) is 0 Å². The molecule has 0 radical (unpaired) electrons. The van der Waals surface area contributed by atoms with Crippen LogP contribution < -0.4 is 5.73 Å². The van der Waals surface area contributed by atoms with Crippen molar-refractivity contribution in [2.75, 3.05) is 6.54 Å². The van der Waals surface area contributed by atoms with E-state index in [-0.39, 0.29) is 5.41 Å². The van der Waals surface area contributed by atoms with Gasteiger partial charge in [-0.3, -0.25) is 0 Å². The quantitative estimate of drug-likeness (QED) is 0.791. The van der Waals surface area contributed by atoms with Crippen LogP contribution in [0.1, 0.15) is 44.3 Å². The van der Waals surface area contributed by atoms with E-state index >= 15 is 0 Å². The van der Waals surface area contributed by atoms with E-state index in [0.717, 1.165) is 31.0 Å². The van der Waals surface area contributed by atoms with Crippen molar-refractivity contribution in [1.82, 2.24) is 10.1 Å².